The molecule has 27 heavy (non-hydrogen) atoms. The number of fused-ring (bicyclic) bond motifs is 1. The number of carbonyl (C=O) groups is 1. The van der Waals surface area contributed by atoms with E-state index in [1.807, 2.05) is 31.2 Å². The molecule has 0 aromatic heterocycles. The second-order valence-electron chi connectivity index (χ2n) is 6.97. The molecule has 0 saturated carbocycles. The van der Waals surface area contributed by atoms with Crippen LogP contribution in [0, 0.1) is 0 Å². The van der Waals surface area contributed by atoms with Gasteiger partial charge in [0.05, 0.1) is 23.4 Å². The first kappa shape index (κ1) is 17.9. The lowest BCUT2D eigenvalue weighted by Gasteiger charge is -2.26. The Morgan fingerprint density at radius 1 is 1.11 bits per heavy atom. The molecule has 7 heteroatoms. The second-order valence-corrected chi connectivity index (χ2v) is 8.78. The number of benzene rings is 2. The number of amides is 1. The van der Waals surface area contributed by atoms with Gasteiger partial charge >= 0.3 is 0 Å². The Hall–Kier alpha value is -2.54. The number of sulfonamides is 1. The van der Waals surface area contributed by atoms with Gasteiger partial charge in [0.15, 0.2) is 0 Å². The number of para-hydroxylation sites is 1. The molecule has 0 radical (unpaired) electrons. The number of hydrogen-bond donors (Lipinski definition) is 0. The van der Waals surface area contributed by atoms with E-state index < -0.39 is 10.0 Å². The van der Waals surface area contributed by atoms with Crippen molar-refractivity contribution in [3.8, 4) is 5.75 Å². The first-order valence-corrected chi connectivity index (χ1v) is 10.5. The monoisotopic (exact) mass is 386 g/mol. The summed E-state index contributed by atoms with van der Waals surface area (Å²) < 4.78 is 33.7. The van der Waals surface area contributed by atoms with Crippen LogP contribution in [0.15, 0.2) is 47.4 Å². The average molecular weight is 386 g/mol. The molecule has 6 nitrogen and oxygen atoms in total. The van der Waals surface area contributed by atoms with E-state index in [2.05, 4.69) is 0 Å². The van der Waals surface area contributed by atoms with Gasteiger partial charge in [-0.3, -0.25) is 9.10 Å². The molecule has 2 aromatic carbocycles. The van der Waals surface area contributed by atoms with Crippen molar-refractivity contribution in [2.45, 2.75) is 37.1 Å². The zero-order valence-electron chi connectivity index (χ0n) is 15.4. The van der Waals surface area contributed by atoms with Crippen LogP contribution in [-0.2, 0) is 21.2 Å². The van der Waals surface area contributed by atoms with E-state index in [4.69, 9.17) is 4.74 Å². The zero-order valence-corrected chi connectivity index (χ0v) is 16.2. The van der Waals surface area contributed by atoms with Gasteiger partial charge in [0, 0.05) is 19.0 Å². The minimum Gasteiger partial charge on any atom is -0.495 e. The molecule has 0 unspecified atom stereocenters. The highest BCUT2D eigenvalue weighted by atomic mass is 32.2. The van der Waals surface area contributed by atoms with Gasteiger partial charge in [-0.1, -0.05) is 18.2 Å². The minimum atomic E-state index is -3.76. The van der Waals surface area contributed by atoms with Crippen LogP contribution in [0.4, 0.5) is 11.4 Å². The van der Waals surface area contributed by atoms with Crippen molar-refractivity contribution >= 4 is 27.3 Å². The summed E-state index contributed by atoms with van der Waals surface area (Å²) in [5, 5.41) is 0. The Bertz CT molecular complexity index is 1000. The fraction of sp³-hybridized carbons (Fsp3) is 0.350. The molecule has 1 amide bonds. The van der Waals surface area contributed by atoms with Gasteiger partial charge in [0.1, 0.15) is 5.75 Å². The van der Waals surface area contributed by atoms with Gasteiger partial charge in [-0.2, -0.15) is 0 Å². The van der Waals surface area contributed by atoms with Gasteiger partial charge < -0.3 is 9.64 Å². The number of ether oxygens (including phenoxy) is 1. The summed E-state index contributed by atoms with van der Waals surface area (Å²) in [6.45, 7) is 2.48. The van der Waals surface area contributed by atoms with E-state index >= 15 is 0 Å². The number of hydrogen-bond acceptors (Lipinski definition) is 4. The third-order valence-corrected chi connectivity index (χ3v) is 7.14. The summed E-state index contributed by atoms with van der Waals surface area (Å²) in [5.41, 5.74) is 2.26. The Morgan fingerprint density at radius 2 is 1.89 bits per heavy atom. The van der Waals surface area contributed by atoms with Crippen LogP contribution in [0.25, 0.3) is 0 Å². The van der Waals surface area contributed by atoms with Crippen molar-refractivity contribution in [2.24, 2.45) is 0 Å². The molecule has 4 rings (SSSR count). The maximum absolute atomic E-state index is 13.4. The molecule has 0 spiro atoms. The molecule has 1 atom stereocenters. The molecule has 2 aliphatic rings. The van der Waals surface area contributed by atoms with Crippen LogP contribution >= 0.6 is 0 Å². The van der Waals surface area contributed by atoms with Gasteiger partial charge in [-0.25, -0.2) is 8.42 Å². The topological polar surface area (TPSA) is 66.9 Å². The average Bonchev–Trinajstić information content (AvgIpc) is 3.23. The van der Waals surface area contributed by atoms with E-state index in [9.17, 15) is 13.2 Å². The van der Waals surface area contributed by atoms with E-state index in [0.29, 0.717) is 30.8 Å². The van der Waals surface area contributed by atoms with Crippen LogP contribution in [0.3, 0.4) is 0 Å². The molecule has 0 aliphatic carbocycles. The summed E-state index contributed by atoms with van der Waals surface area (Å²) in [6, 6.07) is 12.1. The molecule has 0 N–H and O–H groups in total. The number of methoxy groups -OCH3 is 1. The highest BCUT2D eigenvalue weighted by Crippen LogP contribution is 2.39. The number of rotatable bonds is 4. The molecule has 0 bridgehead atoms. The van der Waals surface area contributed by atoms with Gasteiger partial charge in [0.25, 0.3) is 10.0 Å². The molecule has 2 aliphatic heterocycles. The minimum absolute atomic E-state index is 0.0114. The van der Waals surface area contributed by atoms with E-state index in [0.717, 1.165) is 17.7 Å². The smallest absolute Gasteiger partial charge is 0.264 e. The van der Waals surface area contributed by atoms with Crippen molar-refractivity contribution in [1.82, 2.24) is 0 Å². The zero-order chi connectivity index (χ0) is 19.2. The van der Waals surface area contributed by atoms with Crippen molar-refractivity contribution in [1.29, 1.82) is 0 Å². The summed E-state index contributed by atoms with van der Waals surface area (Å²) in [7, 11) is -2.24. The highest BCUT2D eigenvalue weighted by molar-refractivity contribution is 7.92. The number of anilines is 2. The van der Waals surface area contributed by atoms with Gasteiger partial charge in [0.2, 0.25) is 5.91 Å². The normalized spacial score (nSPS) is 19.5. The summed E-state index contributed by atoms with van der Waals surface area (Å²) in [5.74, 6) is 0.488. The lowest BCUT2D eigenvalue weighted by Crippen LogP contribution is -2.36. The van der Waals surface area contributed by atoms with E-state index in [-0.39, 0.29) is 16.8 Å². The van der Waals surface area contributed by atoms with E-state index in [1.165, 1.54) is 11.4 Å². The predicted molar refractivity (Wildman–Crippen MR) is 104 cm³/mol. The standard InChI is InChI=1S/C20H22N2O4S/c1-14-12-15-6-3-4-7-17(15)22(14)27(24,25)16-9-10-19(26-2)18(13-16)21-11-5-8-20(21)23/h3-4,6-7,9-10,13-14H,5,8,11-12H2,1-2H3/t14-/m1/s1. The summed E-state index contributed by atoms with van der Waals surface area (Å²) >= 11 is 0. The lowest BCUT2D eigenvalue weighted by molar-refractivity contribution is -0.117. The predicted octanol–water partition coefficient (Wildman–Crippen LogP) is 2.96. The maximum Gasteiger partial charge on any atom is 0.264 e. The molecule has 2 aromatic rings. The van der Waals surface area contributed by atoms with Crippen molar-refractivity contribution in [2.75, 3.05) is 22.9 Å². The number of nitrogens with zero attached hydrogens (tertiary/aromatic N) is 2. The SMILES string of the molecule is COc1ccc(S(=O)(=O)N2c3ccccc3C[C@H]2C)cc1N1CCCC1=O. The van der Waals surface area contributed by atoms with Crippen LogP contribution in [0.5, 0.6) is 5.75 Å². The van der Waals surface area contributed by atoms with Crippen LogP contribution in [0.2, 0.25) is 0 Å². The molecule has 1 fully saturated rings. The maximum atomic E-state index is 13.4. The lowest BCUT2D eigenvalue weighted by atomic mass is 10.1. The van der Waals surface area contributed by atoms with Gasteiger partial charge in [-0.05, 0) is 49.6 Å². The van der Waals surface area contributed by atoms with Crippen LogP contribution < -0.4 is 13.9 Å². The van der Waals surface area contributed by atoms with E-state index in [1.54, 1.807) is 23.1 Å². The first-order valence-electron chi connectivity index (χ1n) is 9.04. The molecular formula is C20H22N2O4S. The fourth-order valence-electron chi connectivity index (χ4n) is 3.96. The summed E-state index contributed by atoms with van der Waals surface area (Å²) in [6.07, 6.45) is 1.91. The number of carbonyl (C=O) groups excluding carboxylic acids is 1. The molecule has 142 valence electrons. The van der Waals surface area contributed by atoms with Crippen molar-refractivity contribution in [3.63, 3.8) is 0 Å². The summed E-state index contributed by atoms with van der Waals surface area (Å²) in [4.78, 5) is 14.0. The third-order valence-electron chi connectivity index (χ3n) is 5.22. The largest absolute Gasteiger partial charge is 0.495 e. The molecule has 2 heterocycles. The fourth-order valence-corrected chi connectivity index (χ4v) is 5.67. The third kappa shape index (κ3) is 2.86. The Balaban J connectivity index is 1.80. The van der Waals surface area contributed by atoms with Gasteiger partial charge in [-0.15, -0.1) is 0 Å². The Morgan fingerprint density at radius 3 is 2.59 bits per heavy atom. The first-order chi connectivity index (χ1) is 12.9. The molecular weight excluding hydrogens is 364 g/mol. The van der Waals surface area contributed by atoms with Crippen LogP contribution in [-0.4, -0.2) is 34.0 Å². The molecule has 1 saturated heterocycles. The van der Waals surface area contributed by atoms with Crippen LogP contribution in [0.1, 0.15) is 25.3 Å². The second kappa shape index (κ2) is 6.56. The Labute approximate surface area is 159 Å². The Kier molecular flexibility index (Phi) is 4.34. The highest BCUT2D eigenvalue weighted by Gasteiger charge is 2.36. The quantitative estimate of drug-likeness (QED) is 0.810. The van der Waals surface area contributed by atoms with Crippen molar-refractivity contribution in [3.05, 3.63) is 48.0 Å². The van der Waals surface area contributed by atoms with Crippen molar-refractivity contribution < 1.29 is 17.9 Å².